The minimum Gasteiger partial charge on any atom is -0.382 e. The Kier molecular flexibility index (Phi) is 2.26. The molecule has 18 heavy (non-hydrogen) atoms. The van der Waals surface area contributed by atoms with Crippen LogP contribution in [0, 0.1) is 6.92 Å². The molecule has 3 aromatic rings. The average Bonchev–Trinajstić information content (AvgIpc) is 2.68. The molecule has 2 heterocycles. The number of fused-ring (bicyclic) bond motifs is 1. The van der Waals surface area contributed by atoms with E-state index in [-0.39, 0.29) is 0 Å². The molecule has 0 saturated heterocycles. The van der Waals surface area contributed by atoms with Crippen LogP contribution < -0.4 is 5.73 Å². The molecule has 0 aliphatic heterocycles. The summed E-state index contributed by atoms with van der Waals surface area (Å²) in [5, 5.41) is 0. The van der Waals surface area contributed by atoms with Crippen molar-refractivity contribution in [1.82, 2.24) is 19.5 Å². The summed E-state index contributed by atoms with van der Waals surface area (Å²) in [5.41, 5.74) is 8.32. The summed E-state index contributed by atoms with van der Waals surface area (Å²) < 4.78 is 1.92. The summed E-state index contributed by atoms with van der Waals surface area (Å²) in [6, 6.07) is 9.79. The van der Waals surface area contributed by atoms with E-state index >= 15 is 0 Å². The summed E-state index contributed by atoms with van der Waals surface area (Å²) in [6.07, 6.45) is 0. The number of anilines is 1. The number of imidazole rings is 1. The summed E-state index contributed by atoms with van der Waals surface area (Å²) in [5.74, 6) is 1.92. The van der Waals surface area contributed by atoms with Crippen LogP contribution in [0.1, 0.15) is 5.82 Å². The molecular weight excluding hydrogens is 226 g/mol. The van der Waals surface area contributed by atoms with Crippen LogP contribution in [0.15, 0.2) is 30.3 Å². The predicted molar refractivity (Wildman–Crippen MR) is 70.9 cm³/mol. The summed E-state index contributed by atoms with van der Waals surface area (Å²) in [7, 11) is 1.92. The van der Waals surface area contributed by atoms with Gasteiger partial charge in [-0.1, -0.05) is 30.3 Å². The summed E-state index contributed by atoms with van der Waals surface area (Å²) in [6.45, 7) is 1.92. The molecular formula is C13H13N5. The zero-order valence-electron chi connectivity index (χ0n) is 10.3. The van der Waals surface area contributed by atoms with E-state index in [9.17, 15) is 0 Å². The van der Waals surface area contributed by atoms with Crippen LogP contribution in [-0.4, -0.2) is 19.5 Å². The Bertz CT molecular complexity index is 715. The van der Waals surface area contributed by atoms with E-state index in [0.29, 0.717) is 17.2 Å². The highest BCUT2D eigenvalue weighted by Crippen LogP contribution is 2.22. The lowest BCUT2D eigenvalue weighted by molar-refractivity contribution is 0.873. The molecule has 0 amide bonds. The van der Waals surface area contributed by atoms with Crippen molar-refractivity contribution in [2.75, 3.05) is 5.73 Å². The Morgan fingerprint density at radius 2 is 1.78 bits per heavy atom. The first kappa shape index (κ1) is 10.7. The van der Waals surface area contributed by atoms with Crippen molar-refractivity contribution >= 4 is 17.0 Å². The standard InChI is InChI=1S/C13H13N5/c1-8-15-10-11(14)16-12(17-13(10)18(8)2)9-6-4-3-5-7-9/h3-7H,1-2H3,(H2,14,16,17). The Hall–Kier alpha value is -2.43. The quantitative estimate of drug-likeness (QED) is 0.704. The van der Waals surface area contributed by atoms with Crippen molar-refractivity contribution in [3.63, 3.8) is 0 Å². The Balaban J connectivity index is 2.30. The lowest BCUT2D eigenvalue weighted by atomic mass is 10.2. The van der Waals surface area contributed by atoms with Gasteiger partial charge in [0.15, 0.2) is 22.8 Å². The minimum atomic E-state index is 0.419. The number of aryl methyl sites for hydroxylation is 2. The van der Waals surface area contributed by atoms with Crippen LogP contribution in [0.4, 0.5) is 5.82 Å². The molecule has 5 nitrogen and oxygen atoms in total. The van der Waals surface area contributed by atoms with Crippen LogP contribution in [0.5, 0.6) is 0 Å². The summed E-state index contributed by atoms with van der Waals surface area (Å²) >= 11 is 0. The molecule has 0 fully saturated rings. The van der Waals surface area contributed by atoms with Crippen molar-refractivity contribution in [2.24, 2.45) is 7.05 Å². The molecule has 0 saturated carbocycles. The van der Waals surface area contributed by atoms with Crippen LogP contribution in [0.3, 0.4) is 0 Å². The van der Waals surface area contributed by atoms with Crippen molar-refractivity contribution in [1.29, 1.82) is 0 Å². The maximum Gasteiger partial charge on any atom is 0.166 e. The second-order valence-electron chi connectivity index (χ2n) is 4.19. The summed E-state index contributed by atoms with van der Waals surface area (Å²) in [4.78, 5) is 13.2. The maximum absolute atomic E-state index is 5.95. The van der Waals surface area contributed by atoms with Crippen molar-refractivity contribution < 1.29 is 0 Å². The lowest BCUT2D eigenvalue weighted by Gasteiger charge is -2.03. The zero-order valence-corrected chi connectivity index (χ0v) is 10.3. The normalized spacial score (nSPS) is 11.0. The number of aromatic nitrogens is 4. The van der Waals surface area contributed by atoms with Gasteiger partial charge in [0, 0.05) is 12.6 Å². The van der Waals surface area contributed by atoms with Gasteiger partial charge in [0.05, 0.1) is 0 Å². The monoisotopic (exact) mass is 239 g/mol. The van der Waals surface area contributed by atoms with E-state index in [0.717, 1.165) is 17.0 Å². The molecule has 0 aliphatic rings. The SMILES string of the molecule is Cc1nc2c(N)nc(-c3ccccc3)nc2n1C. The van der Waals surface area contributed by atoms with E-state index in [1.54, 1.807) is 0 Å². The van der Waals surface area contributed by atoms with E-state index in [2.05, 4.69) is 15.0 Å². The topological polar surface area (TPSA) is 69.6 Å². The van der Waals surface area contributed by atoms with Gasteiger partial charge < -0.3 is 10.3 Å². The van der Waals surface area contributed by atoms with E-state index in [4.69, 9.17) is 5.73 Å². The number of hydrogen-bond donors (Lipinski definition) is 1. The Morgan fingerprint density at radius 1 is 1.06 bits per heavy atom. The molecule has 0 aliphatic carbocycles. The molecule has 0 atom stereocenters. The van der Waals surface area contributed by atoms with Gasteiger partial charge >= 0.3 is 0 Å². The highest BCUT2D eigenvalue weighted by Gasteiger charge is 2.12. The number of rotatable bonds is 1. The van der Waals surface area contributed by atoms with Crippen molar-refractivity contribution in [3.05, 3.63) is 36.2 Å². The first-order valence-corrected chi connectivity index (χ1v) is 5.69. The number of benzene rings is 1. The second-order valence-corrected chi connectivity index (χ2v) is 4.19. The van der Waals surface area contributed by atoms with Gasteiger partial charge in [-0.2, -0.15) is 0 Å². The fraction of sp³-hybridized carbons (Fsp3) is 0.154. The van der Waals surface area contributed by atoms with Crippen molar-refractivity contribution in [3.8, 4) is 11.4 Å². The Labute approximate surface area is 104 Å². The van der Waals surface area contributed by atoms with Gasteiger partial charge in [-0.15, -0.1) is 0 Å². The number of nitrogens with zero attached hydrogens (tertiary/aromatic N) is 4. The fourth-order valence-corrected chi connectivity index (χ4v) is 1.91. The van der Waals surface area contributed by atoms with Gasteiger partial charge in [-0.3, -0.25) is 0 Å². The van der Waals surface area contributed by atoms with Gasteiger partial charge in [0.25, 0.3) is 0 Å². The molecule has 0 bridgehead atoms. The van der Waals surface area contributed by atoms with Gasteiger partial charge in [-0.05, 0) is 6.92 Å². The fourth-order valence-electron chi connectivity index (χ4n) is 1.91. The first-order chi connectivity index (χ1) is 8.66. The molecule has 0 spiro atoms. The molecule has 5 heteroatoms. The molecule has 0 unspecified atom stereocenters. The predicted octanol–water partition coefficient (Wildman–Crippen LogP) is 1.92. The third-order valence-corrected chi connectivity index (χ3v) is 3.00. The molecule has 3 rings (SSSR count). The van der Waals surface area contributed by atoms with Gasteiger partial charge in [-0.25, -0.2) is 15.0 Å². The van der Waals surface area contributed by atoms with Crippen molar-refractivity contribution in [2.45, 2.75) is 6.92 Å². The van der Waals surface area contributed by atoms with Crippen LogP contribution in [0.2, 0.25) is 0 Å². The largest absolute Gasteiger partial charge is 0.382 e. The van der Waals surface area contributed by atoms with E-state index < -0.39 is 0 Å². The molecule has 1 aromatic carbocycles. The zero-order chi connectivity index (χ0) is 12.7. The minimum absolute atomic E-state index is 0.419. The highest BCUT2D eigenvalue weighted by atomic mass is 15.1. The van der Waals surface area contributed by atoms with Gasteiger partial charge in [0.1, 0.15) is 5.82 Å². The smallest absolute Gasteiger partial charge is 0.166 e. The molecule has 2 aromatic heterocycles. The van der Waals surface area contributed by atoms with E-state index in [1.807, 2.05) is 48.9 Å². The first-order valence-electron chi connectivity index (χ1n) is 5.69. The highest BCUT2D eigenvalue weighted by molar-refractivity contribution is 5.84. The second kappa shape index (κ2) is 3.80. The molecule has 0 radical (unpaired) electrons. The Morgan fingerprint density at radius 3 is 2.50 bits per heavy atom. The third-order valence-electron chi connectivity index (χ3n) is 3.00. The molecule has 2 N–H and O–H groups in total. The number of nitrogen functional groups attached to an aromatic ring is 1. The number of hydrogen-bond acceptors (Lipinski definition) is 4. The van der Waals surface area contributed by atoms with Crippen LogP contribution in [-0.2, 0) is 7.05 Å². The van der Waals surface area contributed by atoms with Gasteiger partial charge in [0.2, 0.25) is 0 Å². The van der Waals surface area contributed by atoms with Crippen LogP contribution in [0.25, 0.3) is 22.6 Å². The van der Waals surface area contributed by atoms with Crippen LogP contribution >= 0.6 is 0 Å². The third kappa shape index (κ3) is 1.52. The average molecular weight is 239 g/mol. The van der Waals surface area contributed by atoms with E-state index in [1.165, 1.54) is 0 Å². The number of nitrogens with two attached hydrogens (primary N) is 1. The maximum atomic E-state index is 5.95. The molecule has 90 valence electrons. The lowest BCUT2D eigenvalue weighted by Crippen LogP contribution is -1.99.